The molecule has 1 atom stereocenters. The van der Waals surface area contributed by atoms with Crippen LogP contribution >= 0.6 is 15.9 Å². The normalized spacial score (nSPS) is 18.6. The van der Waals surface area contributed by atoms with Crippen molar-refractivity contribution in [1.29, 1.82) is 0 Å². The van der Waals surface area contributed by atoms with E-state index in [0.717, 1.165) is 15.6 Å². The van der Waals surface area contributed by atoms with Gasteiger partial charge in [0.15, 0.2) is 0 Å². The molecular formula is C13H17BrN2O3. The molecule has 1 aromatic rings. The van der Waals surface area contributed by atoms with Crippen molar-refractivity contribution in [2.24, 2.45) is 0 Å². The Hall–Kier alpha value is -1.14. The molecule has 1 aromatic heterocycles. The fraction of sp³-hybridized carbons (Fsp3) is 0.538. The number of rotatable bonds is 1. The number of carbonyl (C=O) groups is 1. The third-order valence-corrected chi connectivity index (χ3v) is 3.32. The molecule has 1 aliphatic heterocycles. The molecule has 0 saturated heterocycles. The van der Waals surface area contributed by atoms with Crippen molar-refractivity contribution >= 4 is 22.0 Å². The Bertz CT molecular complexity index is 485. The minimum Gasteiger partial charge on any atom is -0.444 e. The summed E-state index contributed by atoms with van der Waals surface area (Å²) >= 11 is 3.44. The van der Waals surface area contributed by atoms with Crippen LogP contribution in [-0.4, -0.2) is 23.3 Å². The minimum atomic E-state index is -0.516. The lowest BCUT2D eigenvalue weighted by Crippen LogP contribution is -2.38. The van der Waals surface area contributed by atoms with Gasteiger partial charge in [0.2, 0.25) is 0 Å². The van der Waals surface area contributed by atoms with Crippen LogP contribution < -0.4 is 5.32 Å². The van der Waals surface area contributed by atoms with Crippen LogP contribution in [0.5, 0.6) is 0 Å². The van der Waals surface area contributed by atoms with Gasteiger partial charge in [0.25, 0.3) is 0 Å². The number of nitrogens with one attached hydrogen (secondary N) is 1. The average molecular weight is 329 g/mol. The highest BCUT2D eigenvalue weighted by molar-refractivity contribution is 9.10. The molecule has 19 heavy (non-hydrogen) atoms. The monoisotopic (exact) mass is 328 g/mol. The lowest BCUT2D eigenvalue weighted by molar-refractivity contribution is 0.0388. The lowest BCUT2D eigenvalue weighted by Gasteiger charge is -2.28. The summed E-state index contributed by atoms with van der Waals surface area (Å²) in [5.74, 6) is 0. The van der Waals surface area contributed by atoms with Gasteiger partial charge >= 0.3 is 6.09 Å². The number of aromatic nitrogens is 1. The number of fused-ring (bicyclic) bond motifs is 1. The van der Waals surface area contributed by atoms with Gasteiger partial charge in [-0.15, -0.1) is 0 Å². The van der Waals surface area contributed by atoms with E-state index in [1.54, 1.807) is 12.4 Å². The zero-order valence-electron chi connectivity index (χ0n) is 11.2. The standard InChI is InChI=1S/C13H17BrN2O3/c1-13(2,3)19-12(17)16-11-7-18-6-9-8(11)4-15-5-10(9)14/h4-5,11H,6-7H2,1-3H3,(H,16,17)/t11-/m0/s1. The van der Waals surface area contributed by atoms with Crippen LogP contribution in [0.4, 0.5) is 4.79 Å². The summed E-state index contributed by atoms with van der Waals surface area (Å²) in [7, 11) is 0. The summed E-state index contributed by atoms with van der Waals surface area (Å²) in [5.41, 5.74) is 1.46. The molecule has 5 nitrogen and oxygen atoms in total. The first-order valence-corrected chi connectivity index (χ1v) is 6.85. The highest BCUT2D eigenvalue weighted by Gasteiger charge is 2.26. The maximum atomic E-state index is 11.8. The highest BCUT2D eigenvalue weighted by Crippen LogP contribution is 2.29. The van der Waals surface area contributed by atoms with E-state index in [-0.39, 0.29) is 6.04 Å². The summed E-state index contributed by atoms with van der Waals surface area (Å²) in [6.07, 6.45) is 3.02. The molecule has 0 spiro atoms. The lowest BCUT2D eigenvalue weighted by atomic mass is 10.0. The molecule has 0 aromatic carbocycles. The van der Waals surface area contributed by atoms with Crippen molar-refractivity contribution in [2.75, 3.05) is 6.61 Å². The predicted molar refractivity (Wildman–Crippen MR) is 73.7 cm³/mol. The zero-order chi connectivity index (χ0) is 14.0. The molecular weight excluding hydrogens is 312 g/mol. The first-order chi connectivity index (χ1) is 8.87. The molecule has 0 unspecified atom stereocenters. The molecule has 2 rings (SSSR count). The number of pyridine rings is 1. The van der Waals surface area contributed by atoms with Crippen LogP contribution in [0, 0.1) is 0 Å². The van der Waals surface area contributed by atoms with E-state index in [1.807, 2.05) is 20.8 Å². The molecule has 0 bridgehead atoms. The number of halogens is 1. The molecule has 1 N–H and O–H groups in total. The zero-order valence-corrected chi connectivity index (χ0v) is 12.8. The number of amides is 1. The SMILES string of the molecule is CC(C)(C)OC(=O)N[C@H]1COCc2c(Br)cncc21. The van der Waals surface area contributed by atoms with E-state index < -0.39 is 11.7 Å². The van der Waals surface area contributed by atoms with Gasteiger partial charge in [0.1, 0.15) is 5.60 Å². The Morgan fingerprint density at radius 2 is 2.26 bits per heavy atom. The largest absolute Gasteiger partial charge is 0.444 e. The van der Waals surface area contributed by atoms with Gasteiger partial charge in [0.05, 0.1) is 19.3 Å². The van der Waals surface area contributed by atoms with E-state index in [0.29, 0.717) is 13.2 Å². The Labute approximate surface area is 120 Å². The Morgan fingerprint density at radius 1 is 1.53 bits per heavy atom. The Balaban J connectivity index is 2.12. The molecule has 1 amide bonds. The molecule has 104 valence electrons. The second-order valence-electron chi connectivity index (χ2n) is 5.40. The molecule has 0 fully saturated rings. The third-order valence-electron chi connectivity index (χ3n) is 2.64. The number of nitrogens with zero attached hydrogens (tertiary/aromatic N) is 1. The minimum absolute atomic E-state index is 0.233. The molecule has 0 saturated carbocycles. The van der Waals surface area contributed by atoms with Crippen LogP contribution in [0.1, 0.15) is 37.9 Å². The molecule has 0 aliphatic carbocycles. The van der Waals surface area contributed by atoms with Crippen LogP contribution in [0.3, 0.4) is 0 Å². The van der Waals surface area contributed by atoms with E-state index in [2.05, 4.69) is 26.2 Å². The van der Waals surface area contributed by atoms with E-state index in [1.165, 1.54) is 0 Å². The second-order valence-corrected chi connectivity index (χ2v) is 6.26. The quantitative estimate of drug-likeness (QED) is 0.861. The summed E-state index contributed by atoms with van der Waals surface area (Å²) in [6, 6.07) is -0.233. The number of ether oxygens (including phenoxy) is 2. The Morgan fingerprint density at radius 3 is 2.95 bits per heavy atom. The number of alkyl carbamates (subject to hydrolysis) is 1. The van der Waals surface area contributed by atoms with Crippen molar-refractivity contribution < 1.29 is 14.3 Å². The van der Waals surface area contributed by atoms with Crippen molar-refractivity contribution in [3.63, 3.8) is 0 Å². The van der Waals surface area contributed by atoms with Crippen LogP contribution in [0.15, 0.2) is 16.9 Å². The van der Waals surface area contributed by atoms with Crippen LogP contribution in [0.25, 0.3) is 0 Å². The van der Waals surface area contributed by atoms with Gasteiger partial charge in [-0.25, -0.2) is 4.79 Å². The molecule has 0 radical (unpaired) electrons. The molecule has 2 heterocycles. The first kappa shape index (κ1) is 14.3. The smallest absolute Gasteiger partial charge is 0.408 e. The fourth-order valence-corrected chi connectivity index (χ4v) is 2.33. The third kappa shape index (κ3) is 3.67. The van der Waals surface area contributed by atoms with Gasteiger partial charge < -0.3 is 14.8 Å². The van der Waals surface area contributed by atoms with Crippen molar-refractivity contribution in [2.45, 2.75) is 39.0 Å². The van der Waals surface area contributed by atoms with Crippen LogP contribution in [-0.2, 0) is 16.1 Å². The van der Waals surface area contributed by atoms with Gasteiger partial charge in [-0.1, -0.05) is 0 Å². The van der Waals surface area contributed by atoms with Gasteiger partial charge in [0, 0.05) is 28.0 Å². The molecule has 6 heteroatoms. The summed E-state index contributed by atoms with van der Waals surface area (Å²) < 4.78 is 11.6. The summed E-state index contributed by atoms with van der Waals surface area (Å²) in [6.45, 7) is 6.43. The number of hydrogen-bond acceptors (Lipinski definition) is 4. The topological polar surface area (TPSA) is 60.5 Å². The van der Waals surface area contributed by atoms with E-state index in [9.17, 15) is 4.79 Å². The van der Waals surface area contributed by atoms with Gasteiger partial charge in [-0.05, 0) is 36.7 Å². The van der Waals surface area contributed by atoms with Crippen molar-refractivity contribution in [3.05, 3.63) is 28.0 Å². The van der Waals surface area contributed by atoms with E-state index in [4.69, 9.17) is 9.47 Å². The summed E-state index contributed by atoms with van der Waals surface area (Å²) in [4.78, 5) is 15.9. The second kappa shape index (κ2) is 5.46. The van der Waals surface area contributed by atoms with Crippen LogP contribution in [0.2, 0.25) is 0 Å². The fourth-order valence-electron chi connectivity index (χ4n) is 1.87. The maximum absolute atomic E-state index is 11.8. The highest BCUT2D eigenvalue weighted by atomic mass is 79.9. The van der Waals surface area contributed by atoms with Crippen molar-refractivity contribution in [3.8, 4) is 0 Å². The average Bonchev–Trinajstić information content (AvgIpc) is 2.28. The first-order valence-electron chi connectivity index (χ1n) is 6.06. The molecule has 1 aliphatic rings. The number of carbonyl (C=O) groups excluding carboxylic acids is 1. The summed E-state index contributed by atoms with van der Waals surface area (Å²) in [5, 5.41) is 2.81. The predicted octanol–water partition coefficient (Wildman–Crippen LogP) is 2.94. The van der Waals surface area contributed by atoms with Gasteiger partial charge in [-0.2, -0.15) is 0 Å². The van der Waals surface area contributed by atoms with E-state index >= 15 is 0 Å². The maximum Gasteiger partial charge on any atom is 0.408 e. The number of hydrogen-bond donors (Lipinski definition) is 1. The van der Waals surface area contributed by atoms with Crippen molar-refractivity contribution in [1.82, 2.24) is 10.3 Å². The van der Waals surface area contributed by atoms with Gasteiger partial charge in [-0.3, -0.25) is 4.98 Å². The Kier molecular flexibility index (Phi) is 4.10.